The summed E-state index contributed by atoms with van der Waals surface area (Å²) in [5.41, 5.74) is 1.02. The van der Waals surface area contributed by atoms with Crippen LogP contribution in [0.2, 0.25) is 0 Å². The molecule has 9 heteroatoms. The Balaban J connectivity index is 0.00000196. The first-order valence-electron chi connectivity index (χ1n) is 9.40. The summed E-state index contributed by atoms with van der Waals surface area (Å²) in [6.07, 6.45) is 0.535. The van der Waals surface area contributed by atoms with Crippen LogP contribution in [0.1, 0.15) is 12.0 Å². The lowest BCUT2D eigenvalue weighted by Gasteiger charge is -2.26. The van der Waals surface area contributed by atoms with Gasteiger partial charge >= 0.3 is 0 Å². The third-order valence-electron chi connectivity index (χ3n) is 4.65. The van der Waals surface area contributed by atoms with Crippen LogP contribution in [0.3, 0.4) is 0 Å². The number of amides is 1. The van der Waals surface area contributed by atoms with Crippen LogP contribution in [-0.4, -0.2) is 74.4 Å². The molecule has 0 spiro atoms. The van der Waals surface area contributed by atoms with Gasteiger partial charge < -0.3 is 20.1 Å². The molecule has 1 aromatic rings. The molecule has 1 atom stereocenters. The van der Waals surface area contributed by atoms with Gasteiger partial charge in [0.15, 0.2) is 0 Å². The van der Waals surface area contributed by atoms with Gasteiger partial charge in [-0.2, -0.15) is 11.8 Å². The van der Waals surface area contributed by atoms with Gasteiger partial charge in [0.2, 0.25) is 5.91 Å². The van der Waals surface area contributed by atoms with Gasteiger partial charge in [0.05, 0.1) is 13.2 Å². The van der Waals surface area contributed by atoms with Crippen molar-refractivity contribution in [1.29, 1.82) is 0 Å². The van der Waals surface area contributed by atoms with Crippen LogP contribution in [0.5, 0.6) is 5.75 Å². The molecule has 2 aliphatic heterocycles. The van der Waals surface area contributed by atoms with Crippen LogP contribution in [0.25, 0.3) is 0 Å². The molecule has 160 valence electrons. The lowest BCUT2D eigenvalue weighted by Crippen LogP contribution is -2.41. The summed E-state index contributed by atoms with van der Waals surface area (Å²) in [6, 6.07) is 8.22. The van der Waals surface area contributed by atoms with E-state index >= 15 is 0 Å². The number of carbonyl (C=O) groups is 1. The van der Waals surface area contributed by atoms with E-state index in [1.54, 1.807) is 0 Å². The highest BCUT2D eigenvalue weighted by molar-refractivity contribution is 7.99. The van der Waals surface area contributed by atoms with Crippen molar-refractivity contribution in [3.05, 3.63) is 29.8 Å². The topological polar surface area (TPSA) is 62.8 Å². The first-order valence-corrected chi connectivity index (χ1v) is 10.6. The van der Waals surface area contributed by atoms with Gasteiger partial charge in [0.25, 0.3) is 0 Å². The fourth-order valence-corrected chi connectivity index (χ4v) is 4.09. The van der Waals surface area contributed by atoms with E-state index in [2.05, 4.69) is 15.5 Å². The summed E-state index contributed by atoms with van der Waals surface area (Å²) in [5.74, 6) is 3.09. The first-order chi connectivity index (χ1) is 12.8. The molecule has 6 nitrogen and oxygen atoms in total. The Kier molecular flexibility index (Phi) is 12.9. The number of rotatable bonds is 8. The van der Waals surface area contributed by atoms with E-state index in [-0.39, 0.29) is 36.8 Å². The number of nitrogens with one attached hydrogen (secondary N) is 2. The molecule has 28 heavy (non-hydrogen) atoms. The van der Waals surface area contributed by atoms with E-state index in [1.807, 2.05) is 36.0 Å². The van der Waals surface area contributed by atoms with E-state index in [0.29, 0.717) is 19.6 Å². The van der Waals surface area contributed by atoms with Crippen LogP contribution in [0, 0.1) is 0 Å². The van der Waals surface area contributed by atoms with Crippen LogP contribution in [-0.2, 0) is 16.1 Å². The Labute approximate surface area is 184 Å². The molecule has 0 aliphatic carbocycles. The average Bonchev–Trinajstić information content (AvgIpc) is 2.69. The number of thioether (sulfide) groups is 1. The van der Waals surface area contributed by atoms with Crippen molar-refractivity contribution in [2.24, 2.45) is 0 Å². The summed E-state index contributed by atoms with van der Waals surface area (Å²) >= 11 is 1.91. The van der Waals surface area contributed by atoms with Crippen molar-refractivity contribution < 1.29 is 14.3 Å². The summed E-state index contributed by atoms with van der Waals surface area (Å²) in [4.78, 5) is 14.5. The van der Waals surface area contributed by atoms with Crippen molar-refractivity contribution >= 4 is 42.5 Å². The van der Waals surface area contributed by atoms with Crippen LogP contribution < -0.4 is 15.4 Å². The maximum atomic E-state index is 12.2. The zero-order valence-corrected chi connectivity index (χ0v) is 18.5. The minimum absolute atomic E-state index is 0. The summed E-state index contributed by atoms with van der Waals surface area (Å²) in [5, 5.41) is 6.43. The summed E-state index contributed by atoms with van der Waals surface area (Å²) < 4.78 is 11.3. The van der Waals surface area contributed by atoms with Crippen LogP contribution in [0.15, 0.2) is 24.3 Å². The number of benzene rings is 1. The number of nitrogens with zero attached hydrogens (tertiary/aromatic N) is 1. The normalized spacial score (nSPS) is 19.8. The predicted molar refractivity (Wildman–Crippen MR) is 119 cm³/mol. The quantitative estimate of drug-likeness (QED) is 0.629. The van der Waals surface area contributed by atoms with Crippen molar-refractivity contribution in [2.75, 3.05) is 57.5 Å². The van der Waals surface area contributed by atoms with Gasteiger partial charge in [-0.05, 0) is 6.07 Å². The standard InChI is InChI=1S/C19H29N3O3S.2ClH/c23-19(13-17-15-26-12-5-20-17)21-14-16-3-1-2-4-18(16)25-11-8-22-6-9-24-10-7-22;;/h1-4,17,20H,5-15H2,(H,21,23);2*1H. The van der Waals surface area contributed by atoms with E-state index in [4.69, 9.17) is 9.47 Å². The van der Waals surface area contributed by atoms with E-state index in [1.165, 1.54) is 0 Å². The number of para-hydroxylation sites is 1. The zero-order chi connectivity index (χ0) is 18.0. The molecule has 3 rings (SSSR count). The maximum Gasteiger partial charge on any atom is 0.221 e. The van der Waals surface area contributed by atoms with Crippen molar-refractivity contribution in [1.82, 2.24) is 15.5 Å². The van der Waals surface area contributed by atoms with Gasteiger partial charge in [0, 0.05) is 62.3 Å². The molecule has 1 aromatic carbocycles. The van der Waals surface area contributed by atoms with Crippen molar-refractivity contribution in [2.45, 2.75) is 19.0 Å². The number of hydrogen-bond acceptors (Lipinski definition) is 6. The minimum Gasteiger partial charge on any atom is -0.492 e. The number of hydrogen-bond donors (Lipinski definition) is 2. The summed E-state index contributed by atoms with van der Waals surface area (Å²) in [6.45, 7) is 6.58. The second-order valence-corrected chi connectivity index (χ2v) is 7.77. The molecule has 0 saturated carbocycles. The highest BCUT2D eigenvalue weighted by Crippen LogP contribution is 2.18. The van der Waals surface area contributed by atoms with E-state index in [0.717, 1.165) is 62.2 Å². The molecule has 0 radical (unpaired) electrons. The Morgan fingerprint density at radius 3 is 2.82 bits per heavy atom. The van der Waals surface area contributed by atoms with Gasteiger partial charge in [-0.15, -0.1) is 24.8 Å². The highest BCUT2D eigenvalue weighted by Gasteiger charge is 2.17. The second-order valence-electron chi connectivity index (χ2n) is 6.62. The lowest BCUT2D eigenvalue weighted by molar-refractivity contribution is -0.121. The smallest absolute Gasteiger partial charge is 0.221 e. The molecule has 2 fully saturated rings. The Bertz CT molecular complexity index is 571. The zero-order valence-electron chi connectivity index (χ0n) is 16.1. The maximum absolute atomic E-state index is 12.2. The largest absolute Gasteiger partial charge is 0.492 e. The SMILES string of the molecule is Cl.Cl.O=C(CC1CSCCN1)NCc1ccccc1OCCN1CCOCC1. The van der Waals surface area contributed by atoms with Gasteiger partial charge in [0.1, 0.15) is 12.4 Å². The molecular weight excluding hydrogens is 421 g/mol. The monoisotopic (exact) mass is 451 g/mol. The Morgan fingerprint density at radius 1 is 1.29 bits per heavy atom. The minimum atomic E-state index is 0. The number of morpholine rings is 1. The molecule has 0 aromatic heterocycles. The van der Waals surface area contributed by atoms with Gasteiger partial charge in [-0.1, -0.05) is 18.2 Å². The van der Waals surface area contributed by atoms with E-state index < -0.39 is 0 Å². The summed E-state index contributed by atoms with van der Waals surface area (Å²) in [7, 11) is 0. The van der Waals surface area contributed by atoms with Crippen LogP contribution in [0.4, 0.5) is 0 Å². The molecule has 2 aliphatic rings. The molecule has 1 unspecified atom stereocenters. The van der Waals surface area contributed by atoms with E-state index in [9.17, 15) is 4.79 Å². The van der Waals surface area contributed by atoms with Gasteiger partial charge in [-0.3, -0.25) is 9.69 Å². The third-order valence-corrected chi connectivity index (χ3v) is 5.78. The first kappa shape index (κ1) is 25.3. The molecule has 2 heterocycles. The third kappa shape index (κ3) is 8.76. The Hall–Kier alpha value is -0.700. The highest BCUT2D eigenvalue weighted by atomic mass is 35.5. The molecule has 2 N–H and O–H groups in total. The number of ether oxygens (including phenoxy) is 2. The fraction of sp³-hybridized carbons (Fsp3) is 0.632. The second kappa shape index (κ2) is 14.3. The lowest BCUT2D eigenvalue weighted by atomic mass is 10.2. The predicted octanol–water partition coefficient (Wildman–Crippen LogP) is 1.95. The van der Waals surface area contributed by atoms with Crippen molar-refractivity contribution in [3.63, 3.8) is 0 Å². The van der Waals surface area contributed by atoms with Crippen molar-refractivity contribution in [3.8, 4) is 5.75 Å². The van der Waals surface area contributed by atoms with Crippen LogP contribution >= 0.6 is 36.6 Å². The number of halogens is 2. The molecular formula is C19H31Cl2N3O3S. The number of carbonyl (C=O) groups excluding carboxylic acids is 1. The average molecular weight is 452 g/mol. The fourth-order valence-electron chi connectivity index (χ4n) is 3.14. The molecule has 2 saturated heterocycles. The molecule has 1 amide bonds. The van der Waals surface area contributed by atoms with Gasteiger partial charge in [-0.25, -0.2) is 0 Å². The Morgan fingerprint density at radius 2 is 2.07 bits per heavy atom. The molecule has 0 bridgehead atoms.